The van der Waals surface area contributed by atoms with Crippen molar-refractivity contribution < 1.29 is 13.2 Å². The SMILES string of the molecule is Cc1c(S(=O)(=O)N2CCC(c3[nH]ncc3C(=O)N(C)C3CCCCC3)CC2)cnn1C. The Morgan fingerprint density at radius 2 is 1.81 bits per heavy atom. The summed E-state index contributed by atoms with van der Waals surface area (Å²) in [6.07, 6.45) is 10.0. The lowest BCUT2D eigenvalue weighted by Gasteiger charge is -2.33. The van der Waals surface area contributed by atoms with Gasteiger partial charge in [0.15, 0.2) is 0 Å². The number of nitrogens with one attached hydrogen (secondary N) is 1. The Bertz CT molecular complexity index is 1030. The molecular weight excluding hydrogens is 416 g/mol. The van der Waals surface area contributed by atoms with Crippen LogP contribution >= 0.6 is 0 Å². The highest BCUT2D eigenvalue weighted by atomic mass is 32.2. The number of aromatic amines is 1. The molecule has 2 aromatic heterocycles. The van der Waals surface area contributed by atoms with E-state index in [0.717, 1.165) is 18.5 Å². The van der Waals surface area contributed by atoms with Gasteiger partial charge in [-0.05, 0) is 32.6 Å². The summed E-state index contributed by atoms with van der Waals surface area (Å²) in [6, 6.07) is 0.290. The number of aryl methyl sites for hydroxylation is 1. The third kappa shape index (κ3) is 4.15. The lowest BCUT2D eigenvalue weighted by Crippen LogP contribution is -2.40. The van der Waals surface area contributed by atoms with Gasteiger partial charge in [0.2, 0.25) is 10.0 Å². The Balaban J connectivity index is 1.45. The van der Waals surface area contributed by atoms with Gasteiger partial charge in [0.1, 0.15) is 4.90 Å². The lowest BCUT2D eigenvalue weighted by molar-refractivity contribution is 0.0694. The Hall–Kier alpha value is -2.20. The monoisotopic (exact) mass is 448 g/mol. The molecule has 2 fully saturated rings. The molecule has 3 heterocycles. The fourth-order valence-electron chi connectivity index (χ4n) is 4.86. The molecule has 0 unspecified atom stereocenters. The van der Waals surface area contributed by atoms with Crippen molar-refractivity contribution in [2.75, 3.05) is 20.1 Å². The number of piperidine rings is 1. The summed E-state index contributed by atoms with van der Waals surface area (Å²) in [4.78, 5) is 15.3. The highest BCUT2D eigenvalue weighted by Gasteiger charge is 2.34. The molecule has 0 radical (unpaired) electrons. The lowest BCUT2D eigenvalue weighted by atomic mass is 9.91. The minimum absolute atomic E-state index is 0.0108. The van der Waals surface area contributed by atoms with Crippen LogP contribution in [0, 0.1) is 6.92 Å². The molecule has 9 nitrogen and oxygen atoms in total. The van der Waals surface area contributed by atoms with Crippen molar-refractivity contribution >= 4 is 15.9 Å². The van der Waals surface area contributed by atoms with Gasteiger partial charge in [-0.1, -0.05) is 19.3 Å². The van der Waals surface area contributed by atoms with Crippen molar-refractivity contribution in [3.8, 4) is 0 Å². The topological polar surface area (TPSA) is 104 Å². The van der Waals surface area contributed by atoms with Gasteiger partial charge in [0, 0.05) is 39.1 Å². The second kappa shape index (κ2) is 8.74. The summed E-state index contributed by atoms with van der Waals surface area (Å²) in [7, 11) is 0.0577. The molecule has 1 amide bonds. The summed E-state index contributed by atoms with van der Waals surface area (Å²) in [5.74, 6) is 0.0966. The molecule has 0 spiro atoms. The first-order valence-electron chi connectivity index (χ1n) is 11.1. The predicted octanol–water partition coefficient (Wildman–Crippen LogP) is 2.42. The zero-order valence-electron chi connectivity index (χ0n) is 18.5. The number of hydrogen-bond acceptors (Lipinski definition) is 5. The minimum Gasteiger partial charge on any atom is -0.339 e. The molecule has 10 heteroatoms. The van der Waals surface area contributed by atoms with E-state index in [2.05, 4.69) is 15.3 Å². The van der Waals surface area contributed by atoms with Gasteiger partial charge >= 0.3 is 0 Å². The maximum absolute atomic E-state index is 13.2. The van der Waals surface area contributed by atoms with Crippen LogP contribution in [-0.2, 0) is 17.1 Å². The zero-order valence-corrected chi connectivity index (χ0v) is 19.4. The van der Waals surface area contributed by atoms with E-state index in [1.165, 1.54) is 29.8 Å². The quantitative estimate of drug-likeness (QED) is 0.756. The highest BCUT2D eigenvalue weighted by Crippen LogP contribution is 2.33. The third-order valence-electron chi connectivity index (χ3n) is 7.01. The Morgan fingerprint density at radius 3 is 2.42 bits per heavy atom. The fraction of sp³-hybridized carbons (Fsp3) is 0.667. The standard InChI is InChI=1S/C21H32N6O3S/c1-15-19(14-23-26(15)3)31(29,30)27-11-9-16(10-12-27)20-18(13-22-24-20)21(28)25(2)17-7-5-4-6-8-17/h13-14,16-17H,4-12H2,1-3H3,(H,22,24). The van der Waals surface area contributed by atoms with Crippen LogP contribution in [0.2, 0.25) is 0 Å². The van der Waals surface area contributed by atoms with Crippen molar-refractivity contribution in [2.24, 2.45) is 7.05 Å². The van der Waals surface area contributed by atoms with E-state index >= 15 is 0 Å². The molecule has 1 N–H and O–H groups in total. The smallest absolute Gasteiger partial charge is 0.257 e. The number of hydrogen-bond donors (Lipinski definition) is 1. The van der Waals surface area contributed by atoms with Gasteiger partial charge < -0.3 is 4.90 Å². The molecule has 0 atom stereocenters. The largest absolute Gasteiger partial charge is 0.339 e. The van der Waals surface area contributed by atoms with E-state index in [1.54, 1.807) is 24.9 Å². The Morgan fingerprint density at radius 1 is 1.13 bits per heavy atom. The Kier molecular flexibility index (Phi) is 6.20. The summed E-state index contributed by atoms with van der Waals surface area (Å²) >= 11 is 0. The molecule has 1 aliphatic heterocycles. The van der Waals surface area contributed by atoms with Crippen LogP contribution in [0.4, 0.5) is 0 Å². The van der Waals surface area contributed by atoms with Gasteiger partial charge in [-0.3, -0.25) is 14.6 Å². The van der Waals surface area contributed by atoms with Crippen LogP contribution in [0.25, 0.3) is 0 Å². The van der Waals surface area contributed by atoms with E-state index in [9.17, 15) is 13.2 Å². The van der Waals surface area contributed by atoms with Gasteiger partial charge in [0.05, 0.1) is 29.3 Å². The van der Waals surface area contributed by atoms with E-state index in [0.29, 0.717) is 43.2 Å². The minimum atomic E-state index is -3.57. The van der Waals surface area contributed by atoms with Crippen molar-refractivity contribution in [3.05, 3.63) is 29.3 Å². The summed E-state index contributed by atoms with van der Waals surface area (Å²) in [6.45, 7) is 2.58. The van der Waals surface area contributed by atoms with Gasteiger partial charge in [-0.15, -0.1) is 0 Å². The average Bonchev–Trinajstić information content (AvgIpc) is 3.41. The number of carbonyl (C=O) groups excluding carboxylic acids is 1. The molecule has 2 aromatic rings. The van der Waals surface area contributed by atoms with E-state index in [1.807, 2.05) is 11.9 Å². The molecule has 170 valence electrons. The summed E-state index contributed by atoms with van der Waals surface area (Å²) in [5.41, 5.74) is 2.09. The molecule has 1 aliphatic carbocycles. The first-order chi connectivity index (χ1) is 14.8. The summed E-state index contributed by atoms with van der Waals surface area (Å²) < 4.78 is 29.2. The van der Waals surface area contributed by atoms with Crippen LogP contribution in [-0.4, -0.2) is 69.7 Å². The molecule has 0 bridgehead atoms. The number of sulfonamides is 1. The second-order valence-corrected chi connectivity index (χ2v) is 10.7. The molecule has 0 aromatic carbocycles. The van der Waals surface area contributed by atoms with Gasteiger partial charge in [-0.2, -0.15) is 14.5 Å². The van der Waals surface area contributed by atoms with Crippen molar-refractivity contribution in [3.63, 3.8) is 0 Å². The Labute approximate surface area is 183 Å². The molecule has 4 rings (SSSR count). The van der Waals surface area contributed by atoms with Crippen LogP contribution in [0.5, 0.6) is 0 Å². The van der Waals surface area contributed by atoms with Crippen LogP contribution in [0.1, 0.15) is 72.6 Å². The molecule has 2 aliphatic rings. The first kappa shape index (κ1) is 22.0. The van der Waals surface area contributed by atoms with E-state index in [4.69, 9.17) is 0 Å². The predicted molar refractivity (Wildman–Crippen MR) is 116 cm³/mol. The average molecular weight is 449 g/mol. The first-order valence-corrected chi connectivity index (χ1v) is 12.5. The highest BCUT2D eigenvalue weighted by molar-refractivity contribution is 7.89. The number of rotatable bonds is 5. The summed E-state index contributed by atoms with van der Waals surface area (Å²) in [5, 5.41) is 11.3. The maximum atomic E-state index is 13.2. The molecule has 1 saturated heterocycles. The third-order valence-corrected chi connectivity index (χ3v) is 9.01. The number of amides is 1. The van der Waals surface area contributed by atoms with Crippen molar-refractivity contribution in [1.29, 1.82) is 0 Å². The number of H-pyrrole nitrogens is 1. The van der Waals surface area contributed by atoms with Gasteiger partial charge in [-0.25, -0.2) is 8.42 Å². The van der Waals surface area contributed by atoms with Crippen molar-refractivity contribution in [2.45, 2.75) is 68.7 Å². The van der Waals surface area contributed by atoms with Crippen molar-refractivity contribution in [1.82, 2.24) is 29.2 Å². The number of nitrogens with zero attached hydrogens (tertiary/aromatic N) is 5. The van der Waals surface area contributed by atoms with Gasteiger partial charge in [0.25, 0.3) is 5.91 Å². The molecule has 1 saturated carbocycles. The molecule has 31 heavy (non-hydrogen) atoms. The normalized spacial score (nSPS) is 19.6. The number of carbonyl (C=O) groups is 1. The van der Waals surface area contributed by atoms with Crippen LogP contribution in [0.15, 0.2) is 17.3 Å². The fourth-order valence-corrected chi connectivity index (χ4v) is 6.51. The van der Waals surface area contributed by atoms with E-state index in [-0.39, 0.29) is 16.7 Å². The van der Waals surface area contributed by atoms with E-state index < -0.39 is 10.0 Å². The second-order valence-electron chi connectivity index (χ2n) is 8.80. The zero-order chi connectivity index (χ0) is 22.2. The van der Waals surface area contributed by atoms with Crippen LogP contribution in [0.3, 0.4) is 0 Å². The van der Waals surface area contributed by atoms with Crippen LogP contribution < -0.4 is 0 Å². The molecular formula is C21H32N6O3S. The maximum Gasteiger partial charge on any atom is 0.257 e. The number of aromatic nitrogens is 4.